The predicted molar refractivity (Wildman–Crippen MR) is 60.9 cm³/mol. The fourth-order valence-corrected chi connectivity index (χ4v) is 2.08. The molecule has 1 heterocycles. The third-order valence-corrected chi connectivity index (χ3v) is 3.03. The van der Waals surface area contributed by atoms with E-state index in [-0.39, 0.29) is 6.04 Å². The van der Waals surface area contributed by atoms with Gasteiger partial charge in [0.2, 0.25) is 0 Å². The number of carbonyl (C=O) groups is 1. The van der Waals surface area contributed by atoms with Gasteiger partial charge in [-0.1, -0.05) is 24.3 Å². The fraction of sp³-hybridized carbons (Fsp3) is 0.417. The number of benzene rings is 1. The summed E-state index contributed by atoms with van der Waals surface area (Å²) in [5.41, 5.74) is 7.65. The molecule has 1 aliphatic heterocycles. The van der Waals surface area contributed by atoms with Crippen LogP contribution < -0.4 is 5.73 Å². The number of ether oxygens (including phenoxy) is 1. The molecule has 16 heavy (non-hydrogen) atoms. The van der Waals surface area contributed by atoms with Gasteiger partial charge < -0.3 is 10.5 Å². The summed E-state index contributed by atoms with van der Waals surface area (Å²) in [5, 5.41) is 0. The lowest BCUT2D eigenvalue weighted by atomic mass is 9.95. The number of hydrogen-bond acceptors (Lipinski definition) is 3. The lowest BCUT2D eigenvalue weighted by molar-refractivity contribution is 0.0990. The highest BCUT2D eigenvalue weighted by molar-refractivity contribution is 5.64. The summed E-state index contributed by atoms with van der Waals surface area (Å²) >= 11 is 0. The molecule has 0 fully saturated rings. The topological polar surface area (TPSA) is 55.6 Å². The smallest absolute Gasteiger partial charge is 0.404 e. The van der Waals surface area contributed by atoms with E-state index in [0.29, 0.717) is 6.61 Å². The zero-order valence-electron chi connectivity index (χ0n) is 9.35. The van der Waals surface area contributed by atoms with Crippen LogP contribution in [0, 0.1) is 0 Å². The van der Waals surface area contributed by atoms with Crippen molar-refractivity contribution in [3.8, 4) is 0 Å². The van der Waals surface area contributed by atoms with E-state index in [2.05, 4.69) is 17.0 Å². The second kappa shape index (κ2) is 4.53. The molecule has 0 saturated carbocycles. The Bertz CT molecular complexity index is 392. The van der Waals surface area contributed by atoms with Crippen LogP contribution in [0.1, 0.15) is 11.1 Å². The van der Waals surface area contributed by atoms with Crippen LogP contribution in [0.5, 0.6) is 0 Å². The van der Waals surface area contributed by atoms with Gasteiger partial charge in [0.1, 0.15) is 6.61 Å². The van der Waals surface area contributed by atoms with Crippen molar-refractivity contribution in [3.63, 3.8) is 0 Å². The van der Waals surface area contributed by atoms with Crippen molar-refractivity contribution in [2.24, 2.45) is 5.73 Å². The zero-order valence-corrected chi connectivity index (χ0v) is 9.35. The molecule has 2 N–H and O–H groups in total. The number of amides is 1. The number of hydrogen-bond donors (Lipinski definition) is 1. The Kier molecular flexibility index (Phi) is 3.10. The van der Waals surface area contributed by atoms with Crippen molar-refractivity contribution in [1.29, 1.82) is 0 Å². The van der Waals surface area contributed by atoms with Gasteiger partial charge >= 0.3 is 6.09 Å². The van der Waals surface area contributed by atoms with Crippen molar-refractivity contribution in [1.82, 2.24) is 4.90 Å². The minimum absolute atomic E-state index is 0.224. The molecule has 0 aliphatic carbocycles. The highest BCUT2D eigenvalue weighted by atomic mass is 16.5. The van der Waals surface area contributed by atoms with E-state index in [1.807, 2.05) is 19.2 Å². The Balaban J connectivity index is 2.06. The minimum Gasteiger partial charge on any atom is -0.448 e. The standard InChI is InChI=1S/C12H16N2O2/c1-14-7-10-5-3-2-4-9(10)6-11(14)8-16-12(13)15/h2-5,11H,6-8H2,1H3,(H2,13,15)/t11-/m0/s1. The molecule has 1 atom stereocenters. The second-order valence-electron chi connectivity index (χ2n) is 4.17. The monoisotopic (exact) mass is 220 g/mol. The molecule has 1 aromatic rings. The number of primary amides is 1. The molecule has 0 radical (unpaired) electrons. The van der Waals surface area contributed by atoms with Gasteiger partial charge in [0.15, 0.2) is 0 Å². The Labute approximate surface area is 95.0 Å². The maximum Gasteiger partial charge on any atom is 0.404 e. The van der Waals surface area contributed by atoms with Crippen LogP contribution in [0.2, 0.25) is 0 Å². The van der Waals surface area contributed by atoms with Gasteiger partial charge in [0, 0.05) is 12.6 Å². The number of rotatable bonds is 2. The van der Waals surface area contributed by atoms with Crippen LogP contribution in [0.25, 0.3) is 0 Å². The molecule has 0 bridgehead atoms. The molecule has 2 rings (SSSR count). The molecule has 0 unspecified atom stereocenters. The molecule has 86 valence electrons. The fourth-order valence-electron chi connectivity index (χ4n) is 2.08. The van der Waals surface area contributed by atoms with E-state index in [9.17, 15) is 4.79 Å². The highest BCUT2D eigenvalue weighted by Gasteiger charge is 2.23. The number of nitrogens with zero attached hydrogens (tertiary/aromatic N) is 1. The normalized spacial score (nSPS) is 20.2. The predicted octanol–water partition coefficient (Wildman–Crippen LogP) is 1.14. The highest BCUT2D eigenvalue weighted by Crippen LogP contribution is 2.21. The summed E-state index contributed by atoms with van der Waals surface area (Å²) in [6.07, 6.45) is 0.201. The van der Waals surface area contributed by atoms with E-state index in [0.717, 1.165) is 13.0 Å². The first-order valence-electron chi connectivity index (χ1n) is 5.36. The molecule has 0 spiro atoms. The lowest BCUT2D eigenvalue weighted by Gasteiger charge is -2.33. The Morgan fingerprint density at radius 1 is 1.50 bits per heavy atom. The Morgan fingerprint density at radius 2 is 2.19 bits per heavy atom. The molecule has 1 aromatic carbocycles. The van der Waals surface area contributed by atoms with Crippen LogP contribution in [0.4, 0.5) is 4.79 Å². The summed E-state index contributed by atoms with van der Waals surface area (Å²) in [6, 6.07) is 8.57. The first-order valence-corrected chi connectivity index (χ1v) is 5.36. The summed E-state index contributed by atoms with van der Waals surface area (Å²) in [7, 11) is 2.03. The number of nitrogens with two attached hydrogens (primary N) is 1. The van der Waals surface area contributed by atoms with Crippen molar-refractivity contribution >= 4 is 6.09 Å². The van der Waals surface area contributed by atoms with Gasteiger partial charge in [-0.3, -0.25) is 4.90 Å². The Morgan fingerprint density at radius 3 is 2.88 bits per heavy atom. The molecule has 4 heteroatoms. The third-order valence-electron chi connectivity index (χ3n) is 3.03. The molecule has 0 saturated heterocycles. The zero-order chi connectivity index (χ0) is 11.5. The number of carbonyl (C=O) groups excluding carboxylic acids is 1. The largest absolute Gasteiger partial charge is 0.448 e. The van der Waals surface area contributed by atoms with E-state index < -0.39 is 6.09 Å². The molecule has 1 amide bonds. The van der Waals surface area contributed by atoms with Gasteiger partial charge in [0.05, 0.1) is 0 Å². The molecule has 0 aromatic heterocycles. The molecular formula is C12H16N2O2. The van der Waals surface area contributed by atoms with Crippen LogP contribution in [-0.4, -0.2) is 30.7 Å². The maximum absolute atomic E-state index is 10.6. The van der Waals surface area contributed by atoms with Crippen molar-refractivity contribution < 1.29 is 9.53 Å². The Hall–Kier alpha value is -1.55. The second-order valence-corrected chi connectivity index (χ2v) is 4.17. The van der Waals surface area contributed by atoms with Crippen molar-refractivity contribution in [2.75, 3.05) is 13.7 Å². The summed E-state index contributed by atoms with van der Waals surface area (Å²) in [4.78, 5) is 12.8. The average molecular weight is 220 g/mol. The first-order chi connectivity index (χ1) is 7.66. The average Bonchev–Trinajstić information content (AvgIpc) is 2.26. The molecular weight excluding hydrogens is 204 g/mol. The summed E-state index contributed by atoms with van der Waals surface area (Å²) < 4.78 is 4.86. The minimum atomic E-state index is -0.702. The summed E-state index contributed by atoms with van der Waals surface area (Å²) in [5.74, 6) is 0. The van der Waals surface area contributed by atoms with Crippen LogP contribution in [0.3, 0.4) is 0 Å². The summed E-state index contributed by atoms with van der Waals surface area (Å²) in [6.45, 7) is 1.25. The number of fused-ring (bicyclic) bond motifs is 1. The molecule has 4 nitrogen and oxygen atoms in total. The SMILES string of the molecule is CN1Cc2ccccc2C[C@H]1COC(N)=O. The van der Waals surface area contributed by atoms with E-state index >= 15 is 0 Å². The number of likely N-dealkylation sites (N-methyl/N-ethyl adjacent to an activating group) is 1. The van der Waals surface area contributed by atoms with Crippen LogP contribution in [-0.2, 0) is 17.7 Å². The van der Waals surface area contributed by atoms with Crippen LogP contribution in [0.15, 0.2) is 24.3 Å². The van der Waals surface area contributed by atoms with Gasteiger partial charge in [-0.05, 0) is 24.6 Å². The van der Waals surface area contributed by atoms with Crippen LogP contribution >= 0.6 is 0 Å². The molecule has 1 aliphatic rings. The van der Waals surface area contributed by atoms with Gasteiger partial charge in [-0.15, -0.1) is 0 Å². The van der Waals surface area contributed by atoms with E-state index in [4.69, 9.17) is 10.5 Å². The van der Waals surface area contributed by atoms with Crippen molar-refractivity contribution in [2.45, 2.75) is 19.0 Å². The van der Waals surface area contributed by atoms with E-state index in [1.54, 1.807) is 0 Å². The van der Waals surface area contributed by atoms with Gasteiger partial charge in [-0.25, -0.2) is 4.79 Å². The maximum atomic E-state index is 10.6. The lowest BCUT2D eigenvalue weighted by Crippen LogP contribution is -2.41. The first kappa shape index (κ1) is 11.0. The van der Waals surface area contributed by atoms with Gasteiger partial charge in [0.25, 0.3) is 0 Å². The van der Waals surface area contributed by atoms with Crippen molar-refractivity contribution in [3.05, 3.63) is 35.4 Å². The quantitative estimate of drug-likeness (QED) is 0.813. The van der Waals surface area contributed by atoms with Gasteiger partial charge in [-0.2, -0.15) is 0 Å². The third kappa shape index (κ3) is 2.33. The van der Waals surface area contributed by atoms with E-state index in [1.165, 1.54) is 11.1 Å².